The Morgan fingerprint density at radius 3 is 2.94 bits per heavy atom. The summed E-state index contributed by atoms with van der Waals surface area (Å²) < 4.78 is 5.18. The summed E-state index contributed by atoms with van der Waals surface area (Å²) >= 11 is 9.08. The molecule has 1 aromatic carbocycles. The molecular formula is C11H12ClN3S2. The summed E-state index contributed by atoms with van der Waals surface area (Å²) in [7, 11) is 0. The lowest BCUT2D eigenvalue weighted by Crippen LogP contribution is -1.99. The number of rotatable bonds is 4. The molecule has 0 saturated heterocycles. The lowest BCUT2D eigenvalue weighted by Gasteiger charge is -2.06. The lowest BCUT2D eigenvalue weighted by molar-refractivity contribution is 0.970. The average Bonchev–Trinajstić information content (AvgIpc) is 2.77. The minimum absolute atomic E-state index is 0.432. The normalized spacial score (nSPS) is 10.8. The van der Waals surface area contributed by atoms with Gasteiger partial charge in [0.05, 0.1) is 0 Å². The fourth-order valence-corrected chi connectivity index (χ4v) is 3.49. The van der Waals surface area contributed by atoms with Gasteiger partial charge in [0.15, 0.2) is 4.34 Å². The van der Waals surface area contributed by atoms with Crippen molar-refractivity contribution in [1.82, 2.24) is 9.36 Å². The molecule has 3 nitrogen and oxygen atoms in total. The number of aromatic nitrogens is 2. The molecule has 0 radical (unpaired) electrons. The first-order valence-corrected chi connectivity index (χ1v) is 7.19. The van der Waals surface area contributed by atoms with E-state index in [2.05, 4.69) is 9.36 Å². The molecule has 2 N–H and O–H groups in total. The molecule has 17 heavy (non-hydrogen) atoms. The third-order valence-corrected chi connectivity index (χ3v) is 4.49. The predicted octanol–water partition coefficient (Wildman–Crippen LogP) is 3.36. The Kier molecular flexibility index (Phi) is 4.39. The molecule has 1 aromatic heterocycles. The molecule has 0 bridgehead atoms. The Hall–Kier alpha value is -0.620. The fourth-order valence-electron chi connectivity index (χ4n) is 1.35. The minimum atomic E-state index is 0.432. The van der Waals surface area contributed by atoms with Gasteiger partial charge < -0.3 is 5.73 Å². The summed E-state index contributed by atoms with van der Waals surface area (Å²) in [6.45, 7) is 2.47. The molecule has 0 aliphatic carbocycles. The van der Waals surface area contributed by atoms with Gasteiger partial charge in [0.1, 0.15) is 5.82 Å². The van der Waals surface area contributed by atoms with E-state index in [9.17, 15) is 0 Å². The summed E-state index contributed by atoms with van der Waals surface area (Å²) in [6.07, 6.45) is 0.857. The van der Waals surface area contributed by atoms with Gasteiger partial charge in [-0.15, -0.1) is 0 Å². The molecule has 0 fully saturated rings. The molecule has 0 saturated carbocycles. The van der Waals surface area contributed by atoms with Crippen molar-refractivity contribution in [2.45, 2.75) is 29.1 Å². The highest BCUT2D eigenvalue weighted by molar-refractivity contribution is 8.01. The van der Waals surface area contributed by atoms with Crippen molar-refractivity contribution in [2.75, 3.05) is 0 Å². The number of nitrogens with two attached hydrogens (primary N) is 1. The van der Waals surface area contributed by atoms with Crippen molar-refractivity contribution in [3.8, 4) is 0 Å². The second kappa shape index (κ2) is 5.82. The van der Waals surface area contributed by atoms with Gasteiger partial charge in [0.2, 0.25) is 0 Å². The molecule has 0 atom stereocenters. The molecule has 0 amide bonds. The van der Waals surface area contributed by atoms with E-state index in [4.69, 9.17) is 17.3 Å². The minimum Gasteiger partial charge on any atom is -0.326 e. The zero-order valence-electron chi connectivity index (χ0n) is 9.31. The quantitative estimate of drug-likeness (QED) is 0.936. The first-order chi connectivity index (χ1) is 8.24. The highest BCUT2D eigenvalue weighted by Crippen LogP contribution is 2.34. The molecule has 6 heteroatoms. The van der Waals surface area contributed by atoms with E-state index in [1.165, 1.54) is 11.5 Å². The zero-order chi connectivity index (χ0) is 12.3. The first kappa shape index (κ1) is 12.8. The van der Waals surface area contributed by atoms with E-state index < -0.39 is 0 Å². The maximum atomic E-state index is 6.10. The number of aryl methyl sites for hydroxylation is 1. The molecule has 0 spiro atoms. The van der Waals surface area contributed by atoms with Gasteiger partial charge in [-0.05, 0) is 29.2 Å². The van der Waals surface area contributed by atoms with Crippen molar-refractivity contribution < 1.29 is 0 Å². The van der Waals surface area contributed by atoms with Gasteiger partial charge in [0, 0.05) is 22.9 Å². The number of nitrogens with zero attached hydrogens (tertiary/aromatic N) is 2. The zero-order valence-corrected chi connectivity index (χ0v) is 11.7. The monoisotopic (exact) mass is 285 g/mol. The Labute approximate surface area is 114 Å². The van der Waals surface area contributed by atoms with Gasteiger partial charge in [-0.25, -0.2) is 4.98 Å². The van der Waals surface area contributed by atoms with Crippen LogP contribution in [0.15, 0.2) is 27.4 Å². The van der Waals surface area contributed by atoms with Crippen LogP contribution in [0.5, 0.6) is 0 Å². The van der Waals surface area contributed by atoms with Crippen LogP contribution in [0.2, 0.25) is 5.02 Å². The van der Waals surface area contributed by atoms with Gasteiger partial charge in [0.25, 0.3) is 0 Å². The van der Waals surface area contributed by atoms with E-state index in [0.717, 1.165) is 27.0 Å². The Balaban J connectivity index is 2.26. The van der Waals surface area contributed by atoms with Crippen molar-refractivity contribution in [3.63, 3.8) is 0 Å². The Morgan fingerprint density at radius 1 is 1.47 bits per heavy atom. The van der Waals surface area contributed by atoms with Crippen molar-refractivity contribution >= 4 is 34.9 Å². The Bertz CT molecular complexity index is 513. The van der Waals surface area contributed by atoms with Crippen LogP contribution in [0.1, 0.15) is 18.3 Å². The third kappa shape index (κ3) is 2.98. The average molecular weight is 286 g/mol. The van der Waals surface area contributed by atoms with Gasteiger partial charge in [-0.2, -0.15) is 4.37 Å². The van der Waals surface area contributed by atoms with Crippen LogP contribution >= 0.6 is 34.9 Å². The van der Waals surface area contributed by atoms with Crippen LogP contribution in [0.4, 0.5) is 0 Å². The molecule has 0 aliphatic rings. The smallest absolute Gasteiger partial charge is 0.174 e. The summed E-state index contributed by atoms with van der Waals surface area (Å²) in [5, 5.41) is 0.706. The number of benzene rings is 1. The first-order valence-electron chi connectivity index (χ1n) is 5.22. The van der Waals surface area contributed by atoms with Gasteiger partial charge in [-0.1, -0.05) is 36.4 Å². The molecular weight excluding hydrogens is 274 g/mol. The third-order valence-electron chi connectivity index (χ3n) is 2.24. The molecule has 1 heterocycles. The van der Waals surface area contributed by atoms with Crippen LogP contribution in [0, 0.1) is 0 Å². The number of hydrogen-bond acceptors (Lipinski definition) is 5. The van der Waals surface area contributed by atoms with Crippen LogP contribution in [-0.2, 0) is 13.0 Å². The van der Waals surface area contributed by atoms with Crippen LogP contribution in [-0.4, -0.2) is 9.36 Å². The number of halogens is 1. The van der Waals surface area contributed by atoms with Crippen LogP contribution < -0.4 is 5.73 Å². The Morgan fingerprint density at radius 2 is 2.29 bits per heavy atom. The maximum absolute atomic E-state index is 6.10. The van der Waals surface area contributed by atoms with Crippen molar-refractivity contribution in [3.05, 3.63) is 34.6 Å². The second-order valence-electron chi connectivity index (χ2n) is 3.35. The van der Waals surface area contributed by atoms with E-state index in [1.54, 1.807) is 11.8 Å². The summed E-state index contributed by atoms with van der Waals surface area (Å²) in [6, 6.07) is 5.78. The maximum Gasteiger partial charge on any atom is 0.174 e. The molecule has 2 aromatic rings. The van der Waals surface area contributed by atoms with Gasteiger partial charge in [-0.3, -0.25) is 0 Å². The highest BCUT2D eigenvalue weighted by atomic mass is 35.5. The van der Waals surface area contributed by atoms with E-state index in [0.29, 0.717) is 11.6 Å². The predicted molar refractivity (Wildman–Crippen MR) is 72.8 cm³/mol. The van der Waals surface area contributed by atoms with E-state index in [-0.39, 0.29) is 0 Å². The van der Waals surface area contributed by atoms with Crippen molar-refractivity contribution in [1.29, 1.82) is 0 Å². The molecule has 0 aliphatic heterocycles. The highest BCUT2D eigenvalue weighted by Gasteiger charge is 2.10. The molecule has 90 valence electrons. The largest absolute Gasteiger partial charge is 0.326 e. The summed E-state index contributed by atoms with van der Waals surface area (Å²) in [5.41, 5.74) is 6.67. The van der Waals surface area contributed by atoms with Gasteiger partial charge >= 0.3 is 0 Å². The second-order valence-corrected chi connectivity index (χ2v) is 5.80. The van der Waals surface area contributed by atoms with E-state index in [1.807, 2.05) is 25.1 Å². The molecule has 0 unspecified atom stereocenters. The topological polar surface area (TPSA) is 51.8 Å². The van der Waals surface area contributed by atoms with E-state index >= 15 is 0 Å². The molecule has 2 rings (SSSR count). The lowest BCUT2D eigenvalue weighted by atomic mass is 10.2. The SMILES string of the molecule is CCc1nsc(Sc2cccc(Cl)c2CN)n1. The fraction of sp³-hybridized carbons (Fsp3) is 0.273. The van der Waals surface area contributed by atoms with Crippen molar-refractivity contribution in [2.24, 2.45) is 5.73 Å². The number of hydrogen-bond donors (Lipinski definition) is 1. The summed E-state index contributed by atoms with van der Waals surface area (Å²) in [4.78, 5) is 5.47. The standard InChI is InChI=1S/C11H12ClN3S2/c1-2-10-14-11(17-15-10)16-9-5-3-4-8(12)7(9)6-13/h3-5H,2,6,13H2,1H3. The van der Waals surface area contributed by atoms with Crippen LogP contribution in [0.25, 0.3) is 0 Å². The van der Waals surface area contributed by atoms with Crippen LogP contribution in [0.3, 0.4) is 0 Å². The summed E-state index contributed by atoms with van der Waals surface area (Å²) in [5.74, 6) is 0.883.